The lowest BCUT2D eigenvalue weighted by Gasteiger charge is -2.22. The fourth-order valence-corrected chi connectivity index (χ4v) is 3.08. The summed E-state index contributed by atoms with van der Waals surface area (Å²) in [5, 5.41) is 2.63. The molecule has 0 radical (unpaired) electrons. The zero-order valence-corrected chi connectivity index (χ0v) is 11.7. The quantitative estimate of drug-likeness (QED) is 0.889. The van der Waals surface area contributed by atoms with Crippen molar-refractivity contribution in [1.29, 1.82) is 0 Å². The van der Waals surface area contributed by atoms with Gasteiger partial charge in [-0.15, -0.1) is 11.8 Å². The maximum Gasteiger partial charge on any atom is 0.237 e. The Morgan fingerprint density at radius 2 is 2.17 bits per heavy atom. The molecule has 98 valence electrons. The number of anilines is 2. The van der Waals surface area contributed by atoms with Crippen LogP contribution in [0.1, 0.15) is 13.8 Å². The van der Waals surface area contributed by atoms with Gasteiger partial charge in [0.1, 0.15) is 0 Å². The normalized spacial score (nSPS) is 19.0. The van der Waals surface area contributed by atoms with Gasteiger partial charge in [0.15, 0.2) is 0 Å². The molecule has 2 rings (SSSR count). The lowest BCUT2D eigenvalue weighted by Crippen LogP contribution is -2.26. The van der Waals surface area contributed by atoms with Crippen molar-refractivity contribution in [3.8, 4) is 0 Å². The first-order valence-corrected chi connectivity index (χ1v) is 8.06. The Kier molecular flexibility index (Phi) is 3.54. The van der Waals surface area contributed by atoms with Crippen molar-refractivity contribution >= 4 is 39.1 Å². The van der Waals surface area contributed by atoms with Crippen molar-refractivity contribution in [1.82, 2.24) is 0 Å². The van der Waals surface area contributed by atoms with Crippen LogP contribution in [0.4, 0.5) is 11.4 Å². The van der Waals surface area contributed by atoms with E-state index in [2.05, 4.69) is 10.0 Å². The number of thioether (sulfide) groups is 1. The average Bonchev–Trinajstić information content (AvgIpc) is 2.31. The maximum atomic E-state index is 11.5. The van der Waals surface area contributed by atoms with E-state index >= 15 is 0 Å². The average molecular weight is 286 g/mol. The van der Waals surface area contributed by atoms with Crippen LogP contribution in [0, 0.1) is 0 Å². The molecule has 1 atom stereocenters. The zero-order valence-electron chi connectivity index (χ0n) is 10.1. The van der Waals surface area contributed by atoms with E-state index in [0.29, 0.717) is 11.4 Å². The molecular formula is C11H14N2O3S2. The van der Waals surface area contributed by atoms with Gasteiger partial charge in [0.25, 0.3) is 0 Å². The molecule has 2 N–H and O–H groups in total. The topological polar surface area (TPSA) is 75.3 Å². The maximum absolute atomic E-state index is 11.5. The second-order valence-corrected chi connectivity index (χ2v) is 7.36. The molecule has 1 unspecified atom stereocenters. The first-order chi connectivity index (χ1) is 8.41. The van der Waals surface area contributed by atoms with Gasteiger partial charge in [-0.3, -0.25) is 9.52 Å². The third-order valence-electron chi connectivity index (χ3n) is 2.56. The standard InChI is InChI=1S/C11H14N2O3S2/c1-3-18(15,16)13-8-4-5-10-9(6-8)12-11(14)7(2)17-10/h4-7,13H,3H2,1-2H3,(H,12,14). The van der Waals surface area contributed by atoms with Gasteiger partial charge in [-0.1, -0.05) is 0 Å². The molecule has 7 heteroatoms. The molecule has 0 spiro atoms. The number of hydrogen-bond acceptors (Lipinski definition) is 4. The van der Waals surface area contributed by atoms with Gasteiger partial charge >= 0.3 is 0 Å². The summed E-state index contributed by atoms with van der Waals surface area (Å²) in [6.45, 7) is 3.40. The predicted molar refractivity (Wildman–Crippen MR) is 73.5 cm³/mol. The number of fused-ring (bicyclic) bond motifs is 1. The van der Waals surface area contributed by atoms with Crippen molar-refractivity contribution in [2.45, 2.75) is 24.0 Å². The minimum atomic E-state index is -3.29. The summed E-state index contributed by atoms with van der Waals surface area (Å²) >= 11 is 1.46. The Morgan fingerprint density at radius 1 is 1.44 bits per heavy atom. The summed E-state index contributed by atoms with van der Waals surface area (Å²) in [4.78, 5) is 12.5. The van der Waals surface area contributed by atoms with E-state index in [1.54, 1.807) is 19.1 Å². The SMILES string of the molecule is CCS(=O)(=O)Nc1ccc2c(c1)NC(=O)C(C)S2. The molecule has 0 aromatic heterocycles. The fourth-order valence-electron chi connectivity index (χ4n) is 1.52. The van der Waals surface area contributed by atoms with Gasteiger partial charge in [0.05, 0.1) is 22.4 Å². The van der Waals surface area contributed by atoms with E-state index in [1.165, 1.54) is 11.8 Å². The van der Waals surface area contributed by atoms with E-state index in [9.17, 15) is 13.2 Å². The number of carbonyl (C=O) groups is 1. The fraction of sp³-hybridized carbons (Fsp3) is 0.364. The van der Waals surface area contributed by atoms with Gasteiger partial charge in [0.2, 0.25) is 15.9 Å². The van der Waals surface area contributed by atoms with Gasteiger partial charge < -0.3 is 5.32 Å². The summed E-state index contributed by atoms with van der Waals surface area (Å²) in [6, 6.07) is 5.14. The van der Waals surface area contributed by atoms with Crippen LogP contribution in [0.3, 0.4) is 0 Å². The molecular weight excluding hydrogens is 272 g/mol. The van der Waals surface area contributed by atoms with Crippen LogP contribution in [0.2, 0.25) is 0 Å². The van der Waals surface area contributed by atoms with Crippen molar-refractivity contribution in [2.24, 2.45) is 0 Å². The summed E-state index contributed by atoms with van der Waals surface area (Å²) in [7, 11) is -3.29. The molecule has 1 amide bonds. The summed E-state index contributed by atoms with van der Waals surface area (Å²) in [6.07, 6.45) is 0. The summed E-state index contributed by atoms with van der Waals surface area (Å²) in [5.74, 6) is -0.0506. The Bertz CT molecular complexity index is 584. The molecule has 5 nitrogen and oxygen atoms in total. The number of benzene rings is 1. The highest BCUT2D eigenvalue weighted by Gasteiger charge is 2.23. The van der Waals surface area contributed by atoms with Crippen LogP contribution in [0.5, 0.6) is 0 Å². The van der Waals surface area contributed by atoms with Crippen LogP contribution in [0.25, 0.3) is 0 Å². The molecule has 18 heavy (non-hydrogen) atoms. The van der Waals surface area contributed by atoms with E-state index in [-0.39, 0.29) is 16.9 Å². The Hall–Kier alpha value is -1.21. The van der Waals surface area contributed by atoms with Gasteiger partial charge in [-0.25, -0.2) is 8.42 Å². The molecule has 1 heterocycles. The first-order valence-electron chi connectivity index (χ1n) is 5.53. The highest BCUT2D eigenvalue weighted by Crippen LogP contribution is 2.37. The van der Waals surface area contributed by atoms with Crippen molar-refractivity contribution in [2.75, 3.05) is 15.8 Å². The first kappa shape index (κ1) is 13.2. The molecule has 1 aliphatic rings. The monoisotopic (exact) mass is 286 g/mol. The van der Waals surface area contributed by atoms with Gasteiger partial charge in [0, 0.05) is 4.90 Å². The van der Waals surface area contributed by atoms with Crippen LogP contribution in [0.15, 0.2) is 23.1 Å². The number of sulfonamides is 1. The number of carbonyl (C=O) groups excluding carboxylic acids is 1. The van der Waals surface area contributed by atoms with E-state index < -0.39 is 10.0 Å². The number of hydrogen-bond donors (Lipinski definition) is 2. The largest absolute Gasteiger partial charge is 0.324 e. The van der Waals surface area contributed by atoms with E-state index in [1.807, 2.05) is 13.0 Å². The molecule has 0 bridgehead atoms. The summed E-state index contributed by atoms with van der Waals surface area (Å²) in [5.41, 5.74) is 1.12. The molecule has 1 aromatic carbocycles. The van der Waals surface area contributed by atoms with Crippen molar-refractivity contribution < 1.29 is 13.2 Å². The highest BCUT2D eigenvalue weighted by molar-refractivity contribution is 8.01. The van der Waals surface area contributed by atoms with Crippen LogP contribution in [-0.2, 0) is 14.8 Å². The Labute approximate surface area is 110 Å². The van der Waals surface area contributed by atoms with Crippen molar-refractivity contribution in [3.05, 3.63) is 18.2 Å². The number of rotatable bonds is 3. The molecule has 1 aromatic rings. The summed E-state index contributed by atoms with van der Waals surface area (Å²) < 4.78 is 25.4. The lowest BCUT2D eigenvalue weighted by atomic mass is 10.2. The molecule has 0 fully saturated rings. The lowest BCUT2D eigenvalue weighted by molar-refractivity contribution is -0.115. The zero-order chi connectivity index (χ0) is 13.3. The minimum absolute atomic E-state index is 0.0161. The van der Waals surface area contributed by atoms with Gasteiger partial charge in [-0.2, -0.15) is 0 Å². The molecule has 0 aliphatic carbocycles. The van der Waals surface area contributed by atoms with Crippen molar-refractivity contribution in [3.63, 3.8) is 0 Å². The molecule has 0 saturated heterocycles. The second kappa shape index (κ2) is 4.81. The number of nitrogens with one attached hydrogen (secondary N) is 2. The Morgan fingerprint density at radius 3 is 2.83 bits per heavy atom. The second-order valence-electron chi connectivity index (χ2n) is 3.97. The third kappa shape index (κ3) is 2.78. The smallest absolute Gasteiger partial charge is 0.237 e. The van der Waals surface area contributed by atoms with Gasteiger partial charge in [-0.05, 0) is 32.0 Å². The van der Waals surface area contributed by atoms with Crippen LogP contribution >= 0.6 is 11.8 Å². The third-order valence-corrected chi connectivity index (χ3v) is 5.05. The van der Waals surface area contributed by atoms with Crippen LogP contribution in [-0.4, -0.2) is 25.3 Å². The highest BCUT2D eigenvalue weighted by atomic mass is 32.2. The number of amides is 1. The molecule has 0 saturated carbocycles. The van der Waals surface area contributed by atoms with Crippen LogP contribution < -0.4 is 10.0 Å². The van der Waals surface area contributed by atoms with E-state index in [4.69, 9.17) is 0 Å². The van der Waals surface area contributed by atoms with E-state index in [0.717, 1.165) is 4.90 Å². The molecule has 1 aliphatic heterocycles. The Balaban J connectivity index is 2.28. The minimum Gasteiger partial charge on any atom is -0.324 e. The predicted octanol–water partition coefficient (Wildman–Crippen LogP) is 1.88.